The van der Waals surface area contributed by atoms with Crippen LogP contribution in [0.15, 0.2) is 42.5 Å². The average molecular weight is 420 g/mol. The molecule has 29 heavy (non-hydrogen) atoms. The molecule has 1 N–H and O–H groups in total. The molecular weight excluding hydrogens is 397 g/mol. The van der Waals surface area contributed by atoms with E-state index in [0.717, 1.165) is 44.5 Å². The van der Waals surface area contributed by atoms with E-state index >= 15 is 0 Å². The SMILES string of the molecule is CCN1CCN(c2ccc(NC(=O)COC(=O)c3ccc(Cl)cc3F)cc2)CC1. The van der Waals surface area contributed by atoms with Crippen LogP contribution in [0.4, 0.5) is 15.8 Å². The normalized spacial score (nSPS) is 14.5. The quantitative estimate of drug-likeness (QED) is 0.727. The maximum atomic E-state index is 13.7. The molecule has 3 rings (SSSR count). The summed E-state index contributed by atoms with van der Waals surface area (Å²) in [7, 11) is 0. The molecule has 1 aliphatic heterocycles. The van der Waals surface area contributed by atoms with Gasteiger partial charge in [-0.1, -0.05) is 18.5 Å². The highest BCUT2D eigenvalue weighted by atomic mass is 35.5. The second kappa shape index (κ2) is 9.71. The van der Waals surface area contributed by atoms with Crippen molar-refractivity contribution in [3.05, 3.63) is 58.9 Å². The Morgan fingerprint density at radius 3 is 2.41 bits per heavy atom. The number of carbonyl (C=O) groups is 2. The van der Waals surface area contributed by atoms with Crippen molar-refractivity contribution in [1.82, 2.24) is 4.90 Å². The smallest absolute Gasteiger partial charge is 0.341 e. The molecule has 1 saturated heterocycles. The number of hydrogen-bond donors (Lipinski definition) is 1. The Morgan fingerprint density at radius 2 is 1.79 bits per heavy atom. The zero-order valence-electron chi connectivity index (χ0n) is 16.2. The summed E-state index contributed by atoms with van der Waals surface area (Å²) < 4.78 is 18.6. The van der Waals surface area contributed by atoms with Gasteiger partial charge in [-0.15, -0.1) is 0 Å². The summed E-state index contributed by atoms with van der Waals surface area (Å²) >= 11 is 5.65. The van der Waals surface area contributed by atoms with E-state index in [0.29, 0.717) is 5.69 Å². The van der Waals surface area contributed by atoms with Crippen molar-refractivity contribution < 1.29 is 18.7 Å². The summed E-state index contributed by atoms with van der Waals surface area (Å²) in [6.07, 6.45) is 0. The van der Waals surface area contributed by atoms with Crippen molar-refractivity contribution in [3.8, 4) is 0 Å². The van der Waals surface area contributed by atoms with Gasteiger partial charge in [0.25, 0.3) is 5.91 Å². The van der Waals surface area contributed by atoms with E-state index in [-0.39, 0.29) is 10.6 Å². The first-order valence-corrected chi connectivity index (χ1v) is 9.83. The maximum absolute atomic E-state index is 13.7. The van der Waals surface area contributed by atoms with Crippen LogP contribution in [0.5, 0.6) is 0 Å². The van der Waals surface area contributed by atoms with Gasteiger partial charge >= 0.3 is 5.97 Å². The number of nitrogens with zero attached hydrogens (tertiary/aromatic N) is 2. The fourth-order valence-electron chi connectivity index (χ4n) is 3.14. The third kappa shape index (κ3) is 5.68. The first-order chi connectivity index (χ1) is 14.0. The lowest BCUT2D eigenvalue weighted by molar-refractivity contribution is -0.119. The van der Waals surface area contributed by atoms with E-state index in [4.69, 9.17) is 16.3 Å². The molecule has 0 unspecified atom stereocenters. The molecule has 2 aromatic rings. The number of amides is 1. The van der Waals surface area contributed by atoms with Gasteiger partial charge in [-0.25, -0.2) is 9.18 Å². The van der Waals surface area contributed by atoms with E-state index in [2.05, 4.69) is 22.0 Å². The Bertz CT molecular complexity index is 868. The first-order valence-electron chi connectivity index (χ1n) is 9.45. The summed E-state index contributed by atoms with van der Waals surface area (Å²) in [5, 5.41) is 2.83. The van der Waals surface area contributed by atoms with Crippen molar-refractivity contribution in [3.63, 3.8) is 0 Å². The average Bonchev–Trinajstić information content (AvgIpc) is 2.73. The number of nitrogens with one attached hydrogen (secondary N) is 1. The highest BCUT2D eigenvalue weighted by Crippen LogP contribution is 2.20. The summed E-state index contributed by atoms with van der Waals surface area (Å²) in [5.41, 5.74) is 1.43. The van der Waals surface area contributed by atoms with Crippen LogP contribution in [0.1, 0.15) is 17.3 Å². The van der Waals surface area contributed by atoms with Gasteiger partial charge < -0.3 is 19.9 Å². The molecule has 1 amide bonds. The lowest BCUT2D eigenvalue weighted by atomic mass is 10.2. The molecule has 154 valence electrons. The largest absolute Gasteiger partial charge is 0.452 e. The van der Waals surface area contributed by atoms with E-state index in [1.165, 1.54) is 12.1 Å². The fourth-order valence-corrected chi connectivity index (χ4v) is 3.30. The molecule has 0 atom stereocenters. The minimum absolute atomic E-state index is 0.174. The van der Waals surface area contributed by atoms with Crippen LogP contribution in [-0.4, -0.2) is 56.1 Å². The van der Waals surface area contributed by atoms with Crippen LogP contribution in [0.2, 0.25) is 5.02 Å². The van der Waals surface area contributed by atoms with Gasteiger partial charge in [-0.05, 0) is 49.0 Å². The standard InChI is InChI=1S/C21H23ClFN3O3/c1-2-25-9-11-26(12-10-25)17-6-4-16(5-7-17)24-20(27)14-29-21(28)18-8-3-15(22)13-19(18)23/h3-8,13H,2,9-12,14H2,1H3,(H,24,27). The molecule has 0 aromatic heterocycles. The maximum Gasteiger partial charge on any atom is 0.341 e. The van der Waals surface area contributed by atoms with Gasteiger partial charge in [0.15, 0.2) is 6.61 Å². The second-order valence-corrected chi connectivity index (χ2v) is 7.15. The third-order valence-electron chi connectivity index (χ3n) is 4.82. The van der Waals surface area contributed by atoms with E-state index < -0.39 is 24.3 Å². The molecule has 1 heterocycles. The van der Waals surface area contributed by atoms with Gasteiger partial charge in [0, 0.05) is 42.6 Å². The molecule has 0 saturated carbocycles. The van der Waals surface area contributed by atoms with Gasteiger partial charge in [0.2, 0.25) is 0 Å². The Hall–Kier alpha value is -2.64. The lowest BCUT2D eigenvalue weighted by Crippen LogP contribution is -2.46. The molecule has 2 aromatic carbocycles. The molecular formula is C21H23ClFN3O3. The van der Waals surface area contributed by atoms with E-state index in [9.17, 15) is 14.0 Å². The molecule has 0 aliphatic carbocycles. The summed E-state index contributed by atoms with van der Waals surface area (Å²) in [6.45, 7) is 6.72. The van der Waals surface area contributed by atoms with Crippen molar-refractivity contribution in [2.75, 3.05) is 49.5 Å². The predicted octanol–water partition coefficient (Wildman–Crippen LogP) is 3.42. The van der Waals surface area contributed by atoms with E-state index in [1.807, 2.05) is 12.1 Å². The van der Waals surface area contributed by atoms with Crippen molar-refractivity contribution in [2.45, 2.75) is 6.92 Å². The first kappa shape index (κ1) is 21.1. The molecule has 0 radical (unpaired) electrons. The predicted molar refractivity (Wildman–Crippen MR) is 111 cm³/mol. The van der Waals surface area contributed by atoms with Crippen LogP contribution >= 0.6 is 11.6 Å². The van der Waals surface area contributed by atoms with Gasteiger partial charge in [-0.3, -0.25) is 4.79 Å². The van der Waals surface area contributed by atoms with Crippen LogP contribution in [0.25, 0.3) is 0 Å². The number of esters is 1. The van der Waals surface area contributed by atoms with Crippen LogP contribution in [0.3, 0.4) is 0 Å². The minimum Gasteiger partial charge on any atom is -0.452 e. The Balaban J connectivity index is 1.48. The molecule has 8 heteroatoms. The number of halogens is 2. The van der Waals surface area contributed by atoms with Crippen molar-refractivity contribution in [1.29, 1.82) is 0 Å². The summed E-state index contributed by atoms with van der Waals surface area (Å²) in [4.78, 5) is 28.6. The number of carbonyl (C=O) groups excluding carboxylic acids is 2. The number of anilines is 2. The number of likely N-dealkylation sites (N-methyl/N-ethyl adjacent to an activating group) is 1. The van der Waals surface area contributed by atoms with Crippen LogP contribution < -0.4 is 10.2 Å². The van der Waals surface area contributed by atoms with Crippen LogP contribution in [0, 0.1) is 5.82 Å². The third-order valence-corrected chi connectivity index (χ3v) is 5.06. The van der Waals surface area contributed by atoms with Crippen molar-refractivity contribution in [2.24, 2.45) is 0 Å². The minimum atomic E-state index is -0.920. The number of ether oxygens (including phenoxy) is 1. The highest BCUT2D eigenvalue weighted by Gasteiger charge is 2.17. The fraction of sp³-hybridized carbons (Fsp3) is 0.333. The molecule has 0 spiro atoms. The number of rotatable bonds is 6. The number of piperazine rings is 1. The van der Waals surface area contributed by atoms with Gasteiger partial charge in [0.1, 0.15) is 5.82 Å². The molecule has 1 fully saturated rings. The second-order valence-electron chi connectivity index (χ2n) is 6.72. The zero-order valence-corrected chi connectivity index (χ0v) is 16.9. The highest BCUT2D eigenvalue weighted by molar-refractivity contribution is 6.30. The van der Waals surface area contributed by atoms with E-state index in [1.54, 1.807) is 12.1 Å². The Labute approximate surface area is 174 Å². The zero-order chi connectivity index (χ0) is 20.8. The van der Waals surface area contributed by atoms with Crippen LogP contribution in [-0.2, 0) is 9.53 Å². The lowest BCUT2D eigenvalue weighted by Gasteiger charge is -2.35. The topological polar surface area (TPSA) is 61.9 Å². The summed E-state index contributed by atoms with van der Waals surface area (Å²) in [5.74, 6) is -2.22. The summed E-state index contributed by atoms with van der Waals surface area (Å²) in [6, 6.07) is 11.1. The Kier molecular flexibility index (Phi) is 7.06. The molecule has 6 nitrogen and oxygen atoms in total. The molecule has 1 aliphatic rings. The van der Waals surface area contributed by atoms with Gasteiger partial charge in [-0.2, -0.15) is 0 Å². The molecule has 0 bridgehead atoms. The van der Waals surface area contributed by atoms with Crippen molar-refractivity contribution >= 4 is 34.9 Å². The Morgan fingerprint density at radius 1 is 1.10 bits per heavy atom. The monoisotopic (exact) mass is 419 g/mol. The number of benzene rings is 2. The number of hydrogen-bond acceptors (Lipinski definition) is 5. The van der Waals surface area contributed by atoms with Gasteiger partial charge in [0.05, 0.1) is 5.56 Å².